The molecule has 6 nitrogen and oxygen atoms in total. The number of hydrogen-bond donors (Lipinski definition) is 1. The van der Waals surface area contributed by atoms with Gasteiger partial charge in [0, 0.05) is 39.8 Å². The summed E-state index contributed by atoms with van der Waals surface area (Å²) in [6.45, 7) is 0.104. The molecule has 1 aromatic carbocycles. The van der Waals surface area contributed by atoms with Crippen LogP contribution in [0.25, 0.3) is 0 Å². The van der Waals surface area contributed by atoms with Crippen molar-refractivity contribution in [3.05, 3.63) is 23.8 Å². The first-order valence-electron chi connectivity index (χ1n) is 9.53. The Morgan fingerprint density at radius 1 is 1.17 bits per heavy atom. The van der Waals surface area contributed by atoms with Gasteiger partial charge in [0.2, 0.25) is 0 Å². The van der Waals surface area contributed by atoms with Gasteiger partial charge in [-0.2, -0.15) is 22.0 Å². The number of guanidine groups is 1. The summed E-state index contributed by atoms with van der Waals surface area (Å²) in [5.41, 5.74) is 0.762. The van der Waals surface area contributed by atoms with Gasteiger partial charge in [-0.1, -0.05) is 6.07 Å². The van der Waals surface area contributed by atoms with Gasteiger partial charge in [-0.05, 0) is 31.0 Å². The Kier molecular flexibility index (Phi) is 8.51. The van der Waals surface area contributed by atoms with Gasteiger partial charge in [0.25, 0.3) is 0 Å². The molecular weight excluding hydrogens is 411 g/mol. The molecule has 1 saturated heterocycles. The summed E-state index contributed by atoms with van der Waals surface area (Å²) in [6, 6.07) is 3.32. The van der Waals surface area contributed by atoms with Gasteiger partial charge in [0.1, 0.15) is 6.04 Å². The van der Waals surface area contributed by atoms with Crippen LogP contribution in [-0.2, 0) is 6.42 Å². The van der Waals surface area contributed by atoms with Crippen molar-refractivity contribution in [2.24, 2.45) is 4.99 Å². The lowest BCUT2D eigenvalue weighted by Gasteiger charge is -2.39. The summed E-state index contributed by atoms with van der Waals surface area (Å²) in [7, 11) is 2.98. The second kappa shape index (κ2) is 10.6. The largest absolute Gasteiger partial charge is 0.493 e. The quantitative estimate of drug-likeness (QED) is 0.403. The van der Waals surface area contributed by atoms with Crippen LogP contribution >= 0.6 is 0 Å². The molecule has 1 fully saturated rings. The molecule has 1 heterocycles. The Bertz CT molecular complexity index is 707. The first-order chi connectivity index (χ1) is 14.2. The zero-order chi connectivity index (χ0) is 22.3. The fourth-order valence-corrected chi connectivity index (χ4v) is 3.24. The molecule has 0 amide bonds. The van der Waals surface area contributed by atoms with Crippen LogP contribution in [0.15, 0.2) is 23.2 Å². The number of alkyl halides is 5. The van der Waals surface area contributed by atoms with E-state index in [2.05, 4.69) is 15.0 Å². The van der Waals surface area contributed by atoms with E-state index in [1.165, 1.54) is 25.0 Å². The van der Waals surface area contributed by atoms with Gasteiger partial charge in [-0.15, -0.1) is 0 Å². The van der Waals surface area contributed by atoms with Crippen molar-refractivity contribution in [1.82, 2.24) is 15.1 Å². The average molecular weight is 438 g/mol. The van der Waals surface area contributed by atoms with E-state index < -0.39 is 18.8 Å². The molecule has 0 spiro atoms. The van der Waals surface area contributed by atoms with Crippen molar-refractivity contribution >= 4 is 5.96 Å². The Labute approximate surface area is 172 Å². The highest BCUT2D eigenvalue weighted by Gasteiger charge is 2.41. The first-order valence-corrected chi connectivity index (χ1v) is 9.53. The number of piperazine rings is 1. The lowest BCUT2D eigenvalue weighted by Crippen LogP contribution is -2.56. The third kappa shape index (κ3) is 6.61. The molecule has 1 atom stereocenters. The zero-order valence-electron chi connectivity index (χ0n) is 17.2. The SMILES string of the molecule is CN=C(NCCc1ccc(OC)c(OC(F)F)c1)N1CCN(C(C)C(F)(F)F)CC1. The van der Waals surface area contributed by atoms with Crippen LogP contribution in [0.3, 0.4) is 0 Å². The molecule has 11 heteroatoms. The van der Waals surface area contributed by atoms with Crippen LogP contribution in [0.1, 0.15) is 12.5 Å². The first kappa shape index (κ1) is 24.0. The summed E-state index contributed by atoms with van der Waals surface area (Å²) in [5.74, 6) is 0.768. The summed E-state index contributed by atoms with van der Waals surface area (Å²) in [6.07, 6.45) is -3.74. The van der Waals surface area contributed by atoms with E-state index in [1.807, 2.05) is 4.90 Å². The van der Waals surface area contributed by atoms with E-state index in [1.54, 1.807) is 19.2 Å². The molecular formula is C19H27F5N4O2. The number of hydrogen-bond acceptors (Lipinski definition) is 4. The number of nitrogens with zero attached hydrogens (tertiary/aromatic N) is 3. The molecule has 30 heavy (non-hydrogen) atoms. The van der Waals surface area contributed by atoms with E-state index in [9.17, 15) is 22.0 Å². The van der Waals surface area contributed by atoms with Crippen LogP contribution in [0.5, 0.6) is 11.5 Å². The van der Waals surface area contributed by atoms with Crippen LogP contribution in [-0.4, -0.2) is 81.5 Å². The average Bonchev–Trinajstić information content (AvgIpc) is 2.70. The predicted molar refractivity (Wildman–Crippen MR) is 103 cm³/mol. The third-order valence-electron chi connectivity index (χ3n) is 4.99. The van der Waals surface area contributed by atoms with Crippen molar-refractivity contribution in [1.29, 1.82) is 0 Å². The number of aliphatic imine (C=N–C) groups is 1. The zero-order valence-corrected chi connectivity index (χ0v) is 17.2. The fraction of sp³-hybridized carbons (Fsp3) is 0.632. The van der Waals surface area contributed by atoms with Gasteiger partial charge in [-0.25, -0.2) is 0 Å². The Hall–Kier alpha value is -2.30. The maximum atomic E-state index is 12.9. The molecule has 1 aliphatic heterocycles. The molecule has 1 aliphatic rings. The molecule has 0 saturated carbocycles. The van der Waals surface area contributed by atoms with Gasteiger partial charge < -0.3 is 19.7 Å². The Morgan fingerprint density at radius 3 is 2.37 bits per heavy atom. The highest BCUT2D eigenvalue weighted by molar-refractivity contribution is 5.80. The number of benzene rings is 1. The normalized spacial score (nSPS) is 17.2. The van der Waals surface area contributed by atoms with Crippen LogP contribution in [0, 0.1) is 0 Å². The van der Waals surface area contributed by atoms with Gasteiger partial charge >= 0.3 is 12.8 Å². The van der Waals surface area contributed by atoms with E-state index in [-0.39, 0.29) is 24.6 Å². The van der Waals surface area contributed by atoms with E-state index >= 15 is 0 Å². The highest BCUT2D eigenvalue weighted by Crippen LogP contribution is 2.29. The predicted octanol–water partition coefficient (Wildman–Crippen LogP) is 2.98. The Morgan fingerprint density at radius 2 is 1.83 bits per heavy atom. The standard InChI is InChI=1S/C19H27F5N4O2/c1-13(19(22,23)24)27-8-10-28(11-9-27)18(25-2)26-7-6-14-4-5-15(29-3)16(12-14)30-17(20)21/h4-5,12-13,17H,6-11H2,1-3H3,(H,25,26). The van der Waals surface area contributed by atoms with E-state index in [4.69, 9.17) is 4.74 Å². The molecule has 0 aromatic heterocycles. The second-order valence-corrected chi connectivity index (χ2v) is 6.83. The van der Waals surface area contributed by atoms with Gasteiger partial charge in [-0.3, -0.25) is 9.89 Å². The van der Waals surface area contributed by atoms with Gasteiger partial charge in [0.05, 0.1) is 7.11 Å². The summed E-state index contributed by atoms with van der Waals surface area (Å²) in [4.78, 5) is 7.50. The minimum absolute atomic E-state index is 0.0377. The molecule has 1 unspecified atom stereocenters. The summed E-state index contributed by atoms with van der Waals surface area (Å²) >= 11 is 0. The van der Waals surface area contributed by atoms with Crippen molar-refractivity contribution in [2.45, 2.75) is 32.2 Å². The van der Waals surface area contributed by atoms with Crippen LogP contribution in [0.2, 0.25) is 0 Å². The smallest absolute Gasteiger partial charge is 0.403 e. The maximum Gasteiger partial charge on any atom is 0.403 e. The number of halogens is 5. The van der Waals surface area contributed by atoms with Crippen LogP contribution in [0.4, 0.5) is 22.0 Å². The fourth-order valence-electron chi connectivity index (χ4n) is 3.24. The lowest BCUT2D eigenvalue weighted by molar-refractivity contribution is -0.181. The lowest BCUT2D eigenvalue weighted by atomic mass is 10.1. The van der Waals surface area contributed by atoms with Crippen molar-refractivity contribution < 1.29 is 31.4 Å². The molecule has 0 aliphatic carbocycles. The van der Waals surface area contributed by atoms with Crippen molar-refractivity contribution in [3.8, 4) is 11.5 Å². The number of nitrogens with one attached hydrogen (secondary N) is 1. The maximum absolute atomic E-state index is 12.9. The minimum Gasteiger partial charge on any atom is -0.493 e. The Balaban J connectivity index is 1.87. The summed E-state index contributed by atoms with van der Waals surface area (Å²) < 4.78 is 73.2. The van der Waals surface area contributed by atoms with Crippen molar-refractivity contribution in [2.75, 3.05) is 46.9 Å². The third-order valence-corrected chi connectivity index (χ3v) is 4.99. The highest BCUT2D eigenvalue weighted by atomic mass is 19.4. The minimum atomic E-state index is -4.24. The summed E-state index contributed by atoms with van der Waals surface area (Å²) in [5, 5.41) is 3.17. The second-order valence-electron chi connectivity index (χ2n) is 6.83. The van der Waals surface area contributed by atoms with Crippen LogP contribution < -0.4 is 14.8 Å². The monoisotopic (exact) mass is 438 g/mol. The molecule has 2 rings (SSSR count). The van der Waals surface area contributed by atoms with E-state index in [0.717, 1.165) is 5.56 Å². The molecule has 1 N–H and O–H groups in total. The molecule has 1 aromatic rings. The number of methoxy groups -OCH3 is 1. The topological polar surface area (TPSA) is 49.3 Å². The van der Waals surface area contributed by atoms with E-state index in [0.29, 0.717) is 32.0 Å². The molecule has 0 bridgehead atoms. The number of ether oxygens (including phenoxy) is 2. The number of rotatable bonds is 7. The molecule has 170 valence electrons. The van der Waals surface area contributed by atoms with Gasteiger partial charge in [0.15, 0.2) is 17.5 Å². The van der Waals surface area contributed by atoms with Crippen molar-refractivity contribution in [3.63, 3.8) is 0 Å². The molecule has 0 radical (unpaired) electrons.